The molecule has 7 heteroatoms. The number of amides is 2. The van der Waals surface area contributed by atoms with E-state index in [9.17, 15) is 9.59 Å². The quantitative estimate of drug-likeness (QED) is 0.848. The van der Waals surface area contributed by atoms with Crippen LogP contribution in [0.25, 0.3) is 0 Å². The van der Waals surface area contributed by atoms with Crippen LogP contribution >= 0.6 is 12.4 Å². The van der Waals surface area contributed by atoms with Crippen molar-refractivity contribution < 1.29 is 14.3 Å². The molecule has 26 heavy (non-hydrogen) atoms. The molecular weight excluding hydrogens is 354 g/mol. The maximum absolute atomic E-state index is 12.7. The van der Waals surface area contributed by atoms with Crippen LogP contribution in [0.1, 0.15) is 26.7 Å². The molecule has 1 atom stereocenters. The van der Waals surface area contributed by atoms with Crippen LogP contribution in [0.5, 0.6) is 5.75 Å². The van der Waals surface area contributed by atoms with Crippen molar-refractivity contribution in [2.75, 3.05) is 37.6 Å². The first-order valence-corrected chi connectivity index (χ1v) is 9.15. The van der Waals surface area contributed by atoms with Crippen LogP contribution in [0.3, 0.4) is 0 Å². The van der Waals surface area contributed by atoms with Gasteiger partial charge in [-0.1, -0.05) is 19.1 Å². The maximum atomic E-state index is 12.7. The number of carbonyl (C=O) groups is 2. The number of ether oxygens (including phenoxy) is 1. The van der Waals surface area contributed by atoms with Gasteiger partial charge in [-0.05, 0) is 50.9 Å². The van der Waals surface area contributed by atoms with Gasteiger partial charge in [0.25, 0.3) is 5.91 Å². The molecule has 1 N–H and O–H groups in total. The van der Waals surface area contributed by atoms with Gasteiger partial charge in [0, 0.05) is 13.1 Å². The molecule has 0 saturated carbocycles. The summed E-state index contributed by atoms with van der Waals surface area (Å²) in [7, 11) is 0. The Morgan fingerprint density at radius 2 is 1.96 bits per heavy atom. The fourth-order valence-corrected chi connectivity index (χ4v) is 3.49. The molecule has 0 bridgehead atoms. The van der Waals surface area contributed by atoms with Gasteiger partial charge >= 0.3 is 0 Å². The molecule has 3 rings (SSSR count). The zero-order valence-corrected chi connectivity index (χ0v) is 16.3. The average molecular weight is 382 g/mol. The van der Waals surface area contributed by atoms with E-state index in [1.54, 1.807) is 11.8 Å². The lowest BCUT2D eigenvalue weighted by Crippen LogP contribution is -2.51. The second kappa shape index (κ2) is 9.24. The third kappa shape index (κ3) is 4.48. The van der Waals surface area contributed by atoms with Crippen LogP contribution in [-0.2, 0) is 9.59 Å². The van der Waals surface area contributed by atoms with Gasteiger partial charge in [-0.25, -0.2) is 0 Å². The summed E-state index contributed by atoms with van der Waals surface area (Å²) in [5.74, 6) is 1.15. The molecule has 1 saturated heterocycles. The topological polar surface area (TPSA) is 61.9 Å². The van der Waals surface area contributed by atoms with Crippen molar-refractivity contribution in [3.63, 3.8) is 0 Å². The minimum atomic E-state index is -0.562. The summed E-state index contributed by atoms with van der Waals surface area (Å²) in [6, 6.07) is 7.39. The Hall–Kier alpha value is -1.79. The van der Waals surface area contributed by atoms with Crippen molar-refractivity contribution in [2.45, 2.75) is 32.8 Å². The zero-order valence-electron chi connectivity index (χ0n) is 15.4. The normalized spacial score (nSPS) is 20.2. The second-order valence-corrected chi connectivity index (χ2v) is 6.78. The van der Waals surface area contributed by atoms with Crippen LogP contribution in [-0.4, -0.2) is 55.5 Å². The zero-order chi connectivity index (χ0) is 17.8. The van der Waals surface area contributed by atoms with E-state index in [1.807, 2.05) is 29.2 Å². The lowest BCUT2D eigenvalue weighted by Gasteiger charge is -2.36. The molecular formula is C19H28ClN3O3. The molecule has 2 aliphatic rings. The molecule has 1 unspecified atom stereocenters. The predicted octanol–water partition coefficient (Wildman–Crippen LogP) is 2.07. The molecule has 2 amide bonds. The number of rotatable bonds is 5. The van der Waals surface area contributed by atoms with Crippen molar-refractivity contribution in [1.82, 2.24) is 10.2 Å². The number of nitrogens with zero attached hydrogens (tertiary/aromatic N) is 2. The van der Waals surface area contributed by atoms with Gasteiger partial charge in [-0.2, -0.15) is 0 Å². The SMILES string of the molecule is CCNCC1CCN(C(=O)CN2C(=O)C(C)Oc3ccccc32)CC1.Cl. The molecule has 6 nitrogen and oxygen atoms in total. The molecule has 1 aromatic carbocycles. The summed E-state index contributed by atoms with van der Waals surface area (Å²) >= 11 is 0. The Kier molecular flexibility index (Phi) is 7.29. The van der Waals surface area contributed by atoms with Crippen molar-refractivity contribution in [3.05, 3.63) is 24.3 Å². The summed E-state index contributed by atoms with van der Waals surface area (Å²) in [5, 5.41) is 3.38. The van der Waals surface area contributed by atoms with Crippen LogP contribution in [0.2, 0.25) is 0 Å². The monoisotopic (exact) mass is 381 g/mol. The highest BCUT2D eigenvalue weighted by molar-refractivity contribution is 6.03. The average Bonchev–Trinajstić information content (AvgIpc) is 2.64. The molecule has 0 radical (unpaired) electrons. The largest absolute Gasteiger partial charge is 0.479 e. The van der Waals surface area contributed by atoms with E-state index in [0.717, 1.165) is 39.0 Å². The lowest BCUT2D eigenvalue weighted by molar-refractivity contribution is -0.134. The Bertz CT molecular complexity index is 632. The van der Waals surface area contributed by atoms with Crippen LogP contribution in [0.4, 0.5) is 5.69 Å². The van der Waals surface area contributed by atoms with Gasteiger partial charge in [0.2, 0.25) is 5.91 Å². The molecule has 1 fully saturated rings. The number of halogens is 1. The Morgan fingerprint density at radius 1 is 1.27 bits per heavy atom. The number of carbonyl (C=O) groups excluding carboxylic acids is 2. The van der Waals surface area contributed by atoms with Crippen molar-refractivity contribution in [1.29, 1.82) is 0 Å². The fraction of sp³-hybridized carbons (Fsp3) is 0.579. The van der Waals surface area contributed by atoms with Crippen LogP contribution in [0.15, 0.2) is 24.3 Å². The minimum Gasteiger partial charge on any atom is -0.479 e. The molecule has 2 aliphatic heterocycles. The van der Waals surface area contributed by atoms with Crippen LogP contribution < -0.4 is 15.0 Å². The van der Waals surface area contributed by atoms with Gasteiger partial charge in [0.1, 0.15) is 12.3 Å². The Morgan fingerprint density at radius 3 is 2.65 bits per heavy atom. The number of hydrogen-bond donors (Lipinski definition) is 1. The third-order valence-corrected chi connectivity index (χ3v) is 5.02. The lowest BCUT2D eigenvalue weighted by atomic mass is 9.96. The Labute approximate surface area is 161 Å². The van der Waals surface area contributed by atoms with E-state index in [-0.39, 0.29) is 30.8 Å². The molecule has 144 valence electrons. The standard InChI is InChI=1S/C19H27N3O3.ClH/c1-3-20-12-15-8-10-21(11-9-15)18(23)13-22-16-6-4-5-7-17(16)25-14(2)19(22)24;/h4-7,14-15,20H,3,8-13H2,1-2H3;1H. The maximum Gasteiger partial charge on any atom is 0.268 e. The van der Waals surface area contributed by atoms with Gasteiger partial charge < -0.3 is 15.0 Å². The van der Waals surface area contributed by atoms with Crippen molar-refractivity contribution in [2.24, 2.45) is 5.92 Å². The van der Waals surface area contributed by atoms with Gasteiger partial charge in [0.05, 0.1) is 5.69 Å². The number of para-hydroxylation sites is 2. The van der Waals surface area contributed by atoms with E-state index in [0.29, 0.717) is 17.4 Å². The minimum absolute atomic E-state index is 0. The first-order chi connectivity index (χ1) is 12.1. The number of fused-ring (bicyclic) bond motifs is 1. The van der Waals surface area contributed by atoms with Gasteiger partial charge in [-0.15, -0.1) is 12.4 Å². The summed E-state index contributed by atoms with van der Waals surface area (Å²) in [4.78, 5) is 28.7. The second-order valence-electron chi connectivity index (χ2n) is 6.78. The van der Waals surface area contributed by atoms with Crippen molar-refractivity contribution in [3.8, 4) is 5.75 Å². The molecule has 0 spiro atoms. The van der Waals surface area contributed by atoms with Crippen LogP contribution in [0, 0.1) is 5.92 Å². The third-order valence-electron chi connectivity index (χ3n) is 5.02. The summed E-state index contributed by atoms with van der Waals surface area (Å²) < 4.78 is 5.63. The highest BCUT2D eigenvalue weighted by Gasteiger charge is 2.34. The van der Waals surface area contributed by atoms with E-state index >= 15 is 0 Å². The number of anilines is 1. The number of benzene rings is 1. The van der Waals surface area contributed by atoms with E-state index < -0.39 is 6.10 Å². The molecule has 2 heterocycles. The first-order valence-electron chi connectivity index (χ1n) is 9.15. The van der Waals surface area contributed by atoms with Gasteiger partial charge in [0.15, 0.2) is 6.10 Å². The summed E-state index contributed by atoms with van der Waals surface area (Å²) in [6.45, 7) is 7.46. The van der Waals surface area contributed by atoms with Crippen molar-refractivity contribution >= 4 is 29.9 Å². The number of piperidine rings is 1. The predicted molar refractivity (Wildman–Crippen MR) is 104 cm³/mol. The van der Waals surface area contributed by atoms with Gasteiger partial charge in [-0.3, -0.25) is 14.5 Å². The highest BCUT2D eigenvalue weighted by atomic mass is 35.5. The molecule has 0 aliphatic carbocycles. The summed E-state index contributed by atoms with van der Waals surface area (Å²) in [6.07, 6.45) is 1.47. The summed E-state index contributed by atoms with van der Waals surface area (Å²) in [5.41, 5.74) is 0.681. The highest BCUT2D eigenvalue weighted by Crippen LogP contribution is 2.33. The Balaban J connectivity index is 0.00000243. The first kappa shape index (κ1) is 20.5. The van der Waals surface area contributed by atoms with E-state index in [4.69, 9.17) is 4.74 Å². The smallest absolute Gasteiger partial charge is 0.268 e. The molecule has 1 aromatic rings. The molecule has 0 aromatic heterocycles. The fourth-order valence-electron chi connectivity index (χ4n) is 3.49. The number of hydrogen-bond acceptors (Lipinski definition) is 4. The number of nitrogens with one attached hydrogen (secondary N) is 1. The van der Waals surface area contributed by atoms with E-state index in [1.165, 1.54) is 0 Å². The number of likely N-dealkylation sites (tertiary alicyclic amines) is 1. The van der Waals surface area contributed by atoms with E-state index in [2.05, 4.69) is 12.2 Å².